The predicted octanol–water partition coefficient (Wildman–Crippen LogP) is 2.95. The van der Waals surface area contributed by atoms with Gasteiger partial charge in [0.15, 0.2) is 5.12 Å². The standard InChI is InChI=1S/C10H20N2OS3.C2H6/c1-11(15)9(6-10(13)14)5-8-3-2-4-12(16)7-8;1-2/h8-9,15-16H,2-7H2,1H3,(H,13,14);1-2H3. The van der Waals surface area contributed by atoms with Crippen molar-refractivity contribution in [1.82, 2.24) is 8.61 Å². The molecule has 108 valence electrons. The molecule has 0 bridgehead atoms. The SMILES string of the molecule is CC.CN(S)C(CC(=O)S)CC1CCCN(S)C1. The minimum Gasteiger partial charge on any atom is -0.287 e. The third-order valence-electron chi connectivity index (χ3n) is 3.04. The van der Waals surface area contributed by atoms with Gasteiger partial charge in [0.05, 0.1) is 0 Å². The highest BCUT2D eigenvalue weighted by atomic mass is 32.1. The maximum Gasteiger partial charge on any atom is 0.187 e. The Morgan fingerprint density at radius 1 is 1.50 bits per heavy atom. The van der Waals surface area contributed by atoms with E-state index in [-0.39, 0.29) is 11.2 Å². The molecule has 6 heteroatoms. The van der Waals surface area contributed by atoms with Crippen LogP contribution in [-0.4, -0.2) is 39.9 Å². The van der Waals surface area contributed by atoms with Gasteiger partial charge in [-0.25, -0.2) is 0 Å². The number of carbonyl (C=O) groups excluding carboxylic acids is 1. The van der Waals surface area contributed by atoms with Crippen LogP contribution in [0.25, 0.3) is 0 Å². The van der Waals surface area contributed by atoms with Crippen LogP contribution in [0.2, 0.25) is 0 Å². The molecule has 3 nitrogen and oxygen atoms in total. The van der Waals surface area contributed by atoms with E-state index in [9.17, 15) is 4.79 Å². The lowest BCUT2D eigenvalue weighted by Crippen LogP contribution is -2.34. The van der Waals surface area contributed by atoms with E-state index in [0.717, 1.165) is 19.5 Å². The highest BCUT2D eigenvalue weighted by Gasteiger charge is 2.24. The minimum atomic E-state index is -0.0653. The molecule has 2 unspecified atom stereocenters. The van der Waals surface area contributed by atoms with E-state index in [1.807, 2.05) is 25.2 Å². The number of thiol groups is 3. The Hall–Kier alpha value is 0.640. The molecule has 0 saturated carbocycles. The van der Waals surface area contributed by atoms with Crippen molar-refractivity contribution in [3.05, 3.63) is 0 Å². The first-order valence-electron chi connectivity index (χ1n) is 6.56. The topological polar surface area (TPSA) is 23.6 Å². The van der Waals surface area contributed by atoms with E-state index in [2.05, 4.69) is 42.6 Å². The van der Waals surface area contributed by atoms with E-state index in [1.54, 1.807) is 0 Å². The van der Waals surface area contributed by atoms with Gasteiger partial charge in [-0.2, -0.15) is 0 Å². The van der Waals surface area contributed by atoms with Crippen LogP contribution < -0.4 is 0 Å². The summed E-state index contributed by atoms with van der Waals surface area (Å²) in [5, 5.41) is -0.0653. The van der Waals surface area contributed by atoms with Gasteiger partial charge in [0.2, 0.25) is 0 Å². The minimum absolute atomic E-state index is 0.0653. The molecule has 0 spiro atoms. The number of hydrogen-bond donors (Lipinski definition) is 3. The smallest absolute Gasteiger partial charge is 0.187 e. The van der Waals surface area contributed by atoms with E-state index in [4.69, 9.17) is 0 Å². The summed E-state index contributed by atoms with van der Waals surface area (Å²) in [5.74, 6) is 0.610. The molecule has 0 amide bonds. The van der Waals surface area contributed by atoms with Crippen LogP contribution in [0.4, 0.5) is 0 Å². The van der Waals surface area contributed by atoms with Gasteiger partial charge >= 0.3 is 0 Å². The second-order valence-corrected chi connectivity index (χ2v) is 6.18. The molecule has 2 atom stereocenters. The third kappa shape index (κ3) is 7.94. The maximum absolute atomic E-state index is 11.0. The van der Waals surface area contributed by atoms with Crippen LogP contribution in [0.15, 0.2) is 0 Å². The summed E-state index contributed by atoms with van der Waals surface area (Å²) < 4.78 is 3.89. The Morgan fingerprint density at radius 3 is 2.56 bits per heavy atom. The van der Waals surface area contributed by atoms with Crippen molar-refractivity contribution < 1.29 is 4.79 Å². The Morgan fingerprint density at radius 2 is 2.11 bits per heavy atom. The average molecular weight is 311 g/mol. The molecule has 1 fully saturated rings. The molecular formula is C12H26N2OS3. The Labute approximate surface area is 128 Å². The fourth-order valence-corrected chi connectivity index (χ4v) is 2.95. The summed E-state index contributed by atoms with van der Waals surface area (Å²) in [4.78, 5) is 11.0. The fraction of sp³-hybridized carbons (Fsp3) is 0.917. The Balaban J connectivity index is 0.00000137. The fourth-order valence-electron chi connectivity index (χ4n) is 2.19. The lowest BCUT2D eigenvalue weighted by molar-refractivity contribution is -0.111. The van der Waals surface area contributed by atoms with Crippen molar-refractivity contribution in [2.24, 2.45) is 5.92 Å². The first-order valence-corrected chi connectivity index (χ1v) is 7.81. The zero-order valence-electron chi connectivity index (χ0n) is 11.5. The summed E-state index contributed by atoms with van der Waals surface area (Å²) in [5.41, 5.74) is 0. The highest BCUT2D eigenvalue weighted by Crippen LogP contribution is 2.25. The number of rotatable bonds is 5. The number of nitrogens with zero attached hydrogens (tertiary/aromatic N) is 2. The molecule has 1 heterocycles. The van der Waals surface area contributed by atoms with Crippen molar-refractivity contribution in [2.75, 3.05) is 20.1 Å². The molecule has 1 aliphatic rings. The van der Waals surface area contributed by atoms with Gasteiger partial charge in [-0.1, -0.05) is 39.5 Å². The lowest BCUT2D eigenvalue weighted by atomic mass is 9.91. The van der Waals surface area contributed by atoms with E-state index >= 15 is 0 Å². The molecule has 1 aliphatic heterocycles. The molecule has 0 N–H and O–H groups in total. The Kier molecular flexibility index (Phi) is 10.8. The van der Waals surface area contributed by atoms with Crippen LogP contribution in [0.5, 0.6) is 0 Å². The number of piperidine rings is 1. The molecule has 1 saturated heterocycles. The number of carbonyl (C=O) groups is 1. The molecule has 0 aromatic carbocycles. The highest BCUT2D eigenvalue weighted by molar-refractivity contribution is 7.96. The monoisotopic (exact) mass is 310 g/mol. The Bertz CT molecular complexity index is 239. The van der Waals surface area contributed by atoms with Crippen LogP contribution in [-0.2, 0) is 4.79 Å². The van der Waals surface area contributed by atoms with E-state index < -0.39 is 0 Å². The summed E-state index contributed by atoms with van der Waals surface area (Å²) in [6.45, 7) is 6.06. The van der Waals surface area contributed by atoms with Gasteiger partial charge < -0.3 is 0 Å². The van der Waals surface area contributed by atoms with Crippen LogP contribution >= 0.6 is 38.3 Å². The van der Waals surface area contributed by atoms with Crippen molar-refractivity contribution in [3.8, 4) is 0 Å². The quantitative estimate of drug-likeness (QED) is 0.681. The second-order valence-electron chi connectivity index (χ2n) is 4.48. The molecular weight excluding hydrogens is 284 g/mol. The third-order valence-corrected chi connectivity index (χ3v) is 3.91. The van der Waals surface area contributed by atoms with Gasteiger partial charge in [-0.3, -0.25) is 13.4 Å². The van der Waals surface area contributed by atoms with Crippen LogP contribution in [0.3, 0.4) is 0 Å². The van der Waals surface area contributed by atoms with Crippen molar-refractivity contribution in [1.29, 1.82) is 0 Å². The summed E-state index contributed by atoms with van der Waals surface area (Å²) >= 11 is 12.5. The predicted molar refractivity (Wildman–Crippen MR) is 88.4 cm³/mol. The second kappa shape index (κ2) is 10.4. The molecule has 18 heavy (non-hydrogen) atoms. The van der Waals surface area contributed by atoms with Gasteiger partial charge in [0.1, 0.15) is 0 Å². The van der Waals surface area contributed by atoms with Crippen molar-refractivity contribution >= 4 is 43.4 Å². The molecule has 0 aromatic rings. The van der Waals surface area contributed by atoms with Gasteiger partial charge in [-0.05, 0) is 32.2 Å². The summed E-state index contributed by atoms with van der Waals surface area (Å²) in [7, 11) is 1.89. The molecule has 1 rings (SSSR count). The zero-order valence-corrected chi connectivity index (χ0v) is 14.2. The van der Waals surface area contributed by atoms with Crippen LogP contribution in [0, 0.1) is 5.92 Å². The van der Waals surface area contributed by atoms with Crippen LogP contribution in [0.1, 0.15) is 39.5 Å². The van der Waals surface area contributed by atoms with E-state index in [1.165, 1.54) is 12.8 Å². The van der Waals surface area contributed by atoms with E-state index in [0.29, 0.717) is 12.3 Å². The zero-order chi connectivity index (χ0) is 14.1. The largest absolute Gasteiger partial charge is 0.287 e. The summed E-state index contributed by atoms with van der Waals surface area (Å²) in [6.07, 6.45) is 3.86. The first kappa shape index (κ1) is 18.6. The molecule has 0 aliphatic carbocycles. The normalized spacial score (nSPS) is 22.3. The first-order chi connectivity index (χ1) is 8.49. The molecule has 0 aromatic heterocycles. The van der Waals surface area contributed by atoms with Gasteiger partial charge in [0.25, 0.3) is 0 Å². The maximum atomic E-state index is 11.0. The van der Waals surface area contributed by atoms with Crippen molar-refractivity contribution in [2.45, 2.75) is 45.6 Å². The van der Waals surface area contributed by atoms with Crippen molar-refractivity contribution in [3.63, 3.8) is 0 Å². The molecule has 0 radical (unpaired) electrons. The van der Waals surface area contributed by atoms with Gasteiger partial charge in [-0.15, -0.1) is 12.6 Å². The lowest BCUT2D eigenvalue weighted by Gasteiger charge is -2.32. The van der Waals surface area contributed by atoms with Gasteiger partial charge in [0, 0.05) is 25.6 Å². The summed E-state index contributed by atoms with van der Waals surface area (Å²) in [6, 6.07) is 0.179. The average Bonchev–Trinajstić information content (AvgIpc) is 2.30. The number of hydrogen-bond acceptors (Lipinski definition) is 5.